The van der Waals surface area contributed by atoms with Crippen molar-refractivity contribution in [2.75, 3.05) is 20.2 Å². The van der Waals surface area contributed by atoms with Gasteiger partial charge < -0.3 is 15.0 Å². The number of likely N-dealkylation sites (tertiary alicyclic amines) is 1. The first kappa shape index (κ1) is 20.9. The Morgan fingerprint density at radius 3 is 2.52 bits per heavy atom. The van der Waals surface area contributed by atoms with Gasteiger partial charge in [0.2, 0.25) is 11.8 Å². The fraction of sp³-hybridized carbons (Fsp3) is 0.417. The Balaban J connectivity index is 1.58. The summed E-state index contributed by atoms with van der Waals surface area (Å²) >= 11 is 0. The van der Waals surface area contributed by atoms with Crippen LogP contribution < -0.4 is 10.1 Å². The summed E-state index contributed by atoms with van der Waals surface area (Å²) in [6.07, 6.45) is 2.87. The van der Waals surface area contributed by atoms with Crippen molar-refractivity contribution in [2.45, 2.75) is 38.6 Å². The lowest BCUT2D eigenvalue weighted by Crippen LogP contribution is -2.46. The zero-order valence-corrected chi connectivity index (χ0v) is 17.3. The van der Waals surface area contributed by atoms with Gasteiger partial charge in [0.05, 0.1) is 25.5 Å². The van der Waals surface area contributed by atoms with Crippen LogP contribution in [0.1, 0.15) is 43.4 Å². The van der Waals surface area contributed by atoms with Crippen molar-refractivity contribution in [1.82, 2.24) is 10.2 Å². The average Bonchev–Trinajstić information content (AvgIpc) is 2.78. The topological polar surface area (TPSA) is 58.6 Å². The standard InChI is InChI=1S/C24H30N2O3/c1-3-22(19-11-13-21(29-2)14-12-19)25-24(28)20-10-7-15-26(17-20)23(27)16-18-8-5-4-6-9-18/h4-6,8-9,11-14,20,22H,3,7,10,15-17H2,1-2H3,(H,25,28). The fourth-order valence-corrected chi connectivity index (χ4v) is 3.85. The second-order valence-corrected chi connectivity index (χ2v) is 7.58. The minimum atomic E-state index is -0.157. The normalized spacial score (nSPS) is 17.4. The maximum Gasteiger partial charge on any atom is 0.227 e. The van der Waals surface area contributed by atoms with Crippen molar-refractivity contribution in [1.29, 1.82) is 0 Å². The highest BCUT2D eigenvalue weighted by Crippen LogP contribution is 2.23. The van der Waals surface area contributed by atoms with Crippen molar-refractivity contribution < 1.29 is 14.3 Å². The molecule has 2 aromatic carbocycles. The molecule has 154 valence electrons. The Morgan fingerprint density at radius 2 is 1.86 bits per heavy atom. The van der Waals surface area contributed by atoms with Gasteiger partial charge in [-0.3, -0.25) is 9.59 Å². The van der Waals surface area contributed by atoms with Gasteiger partial charge in [-0.05, 0) is 42.5 Å². The first-order chi connectivity index (χ1) is 14.1. The van der Waals surface area contributed by atoms with E-state index in [1.54, 1.807) is 7.11 Å². The molecule has 1 heterocycles. The number of nitrogens with one attached hydrogen (secondary N) is 1. The Kier molecular flexibility index (Phi) is 7.28. The van der Waals surface area contributed by atoms with E-state index in [0.717, 1.165) is 42.7 Å². The maximum absolute atomic E-state index is 12.9. The molecule has 0 aliphatic carbocycles. The number of amides is 2. The van der Waals surface area contributed by atoms with Crippen LogP contribution in [0.15, 0.2) is 54.6 Å². The number of carbonyl (C=O) groups excluding carboxylic acids is 2. The molecule has 0 aromatic heterocycles. The molecule has 0 spiro atoms. The first-order valence-corrected chi connectivity index (χ1v) is 10.4. The summed E-state index contributed by atoms with van der Waals surface area (Å²) < 4.78 is 5.21. The molecule has 0 radical (unpaired) electrons. The number of hydrogen-bond donors (Lipinski definition) is 1. The third-order valence-corrected chi connectivity index (χ3v) is 5.59. The lowest BCUT2D eigenvalue weighted by atomic mass is 9.95. The highest BCUT2D eigenvalue weighted by atomic mass is 16.5. The zero-order valence-electron chi connectivity index (χ0n) is 17.3. The van der Waals surface area contributed by atoms with E-state index in [4.69, 9.17) is 4.74 Å². The Bertz CT molecular complexity index is 805. The van der Waals surface area contributed by atoms with Crippen LogP contribution in [0.5, 0.6) is 5.75 Å². The van der Waals surface area contributed by atoms with Gasteiger partial charge in [-0.25, -0.2) is 0 Å². The van der Waals surface area contributed by atoms with Crippen molar-refractivity contribution in [3.63, 3.8) is 0 Å². The third kappa shape index (κ3) is 5.59. The number of hydrogen-bond acceptors (Lipinski definition) is 3. The van der Waals surface area contributed by atoms with Crippen molar-refractivity contribution in [2.24, 2.45) is 5.92 Å². The summed E-state index contributed by atoms with van der Waals surface area (Å²) in [5, 5.41) is 3.18. The van der Waals surface area contributed by atoms with Gasteiger partial charge in [0.15, 0.2) is 0 Å². The molecule has 2 amide bonds. The van der Waals surface area contributed by atoms with Gasteiger partial charge in [-0.15, -0.1) is 0 Å². The molecule has 0 saturated carbocycles. The Hall–Kier alpha value is -2.82. The Labute approximate surface area is 173 Å². The lowest BCUT2D eigenvalue weighted by molar-refractivity contribution is -0.135. The molecular weight excluding hydrogens is 364 g/mol. The fourth-order valence-electron chi connectivity index (χ4n) is 3.85. The summed E-state index contributed by atoms with van der Waals surface area (Å²) in [5.41, 5.74) is 2.07. The summed E-state index contributed by atoms with van der Waals surface area (Å²) in [6.45, 7) is 3.29. The quantitative estimate of drug-likeness (QED) is 0.778. The van der Waals surface area contributed by atoms with E-state index in [2.05, 4.69) is 12.2 Å². The van der Waals surface area contributed by atoms with Gasteiger partial charge in [0, 0.05) is 13.1 Å². The molecule has 1 aliphatic rings. The van der Waals surface area contributed by atoms with Crippen molar-refractivity contribution in [3.05, 3.63) is 65.7 Å². The van der Waals surface area contributed by atoms with Crippen LogP contribution in [-0.2, 0) is 16.0 Å². The molecule has 1 saturated heterocycles. The summed E-state index contributed by atoms with van der Waals surface area (Å²) in [6, 6.07) is 17.5. The largest absolute Gasteiger partial charge is 0.497 e. The number of benzene rings is 2. The molecule has 2 atom stereocenters. The first-order valence-electron chi connectivity index (χ1n) is 10.4. The van der Waals surface area contributed by atoms with E-state index < -0.39 is 0 Å². The van der Waals surface area contributed by atoms with Crippen LogP contribution in [0.2, 0.25) is 0 Å². The number of ether oxygens (including phenoxy) is 1. The van der Waals surface area contributed by atoms with Gasteiger partial charge in [0.25, 0.3) is 0 Å². The average molecular weight is 395 g/mol. The SMILES string of the molecule is CCC(NC(=O)C1CCCN(C(=O)Cc2ccccc2)C1)c1ccc(OC)cc1. The van der Waals surface area contributed by atoms with Crippen molar-refractivity contribution in [3.8, 4) is 5.75 Å². The molecule has 29 heavy (non-hydrogen) atoms. The number of nitrogens with zero attached hydrogens (tertiary/aromatic N) is 1. The molecule has 2 unspecified atom stereocenters. The van der Waals surface area contributed by atoms with E-state index in [1.807, 2.05) is 59.5 Å². The number of piperidine rings is 1. The van der Waals surface area contributed by atoms with E-state index in [0.29, 0.717) is 13.0 Å². The second-order valence-electron chi connectivity index (χ2n) is 7.58. The van der Waals surface area contributed by atoms with E-state index in [9.17, 15) is 9.59 Å². The monoisotopic (exact) mass is 394 g/mol. The predicted molar refractivity (Wildman–Crippen MR) is 114 cm³/mol. The van der Waals surface area contributed by atoms with E-state index >= 15 is 0 Å². The van der Waals surface area contributed by atoms with Gasteiger partial charge >= 0.3 is 0 Å². The maximum atomic E-state index is 12.9. The highest BCUT2D eigenvalue weighted by Gasteiger charge is 2.29. The molecule has 1 N–H and O–H groups in total. The minimum absolute atomic E-state index is 0.0323. The molecule has 2 aromatic rings. The summed E-state index contributed by atoms with van der Waals surface area (Å²) in [7, 11) is 1.64. The van der Waals surface area contributed by atoms with E-state index in [1.165, 1.54) is 0 Å². The van der Waals surface area contributed by atoms with Crippen LogP contribution in [0.3, 0.4) is 0 Å². The summed E-state index contributed by atoms with van der Waals surface area (Å²) in [4.78, 5) is 27.4. The third-order valence-electron chi connectivity index (χ3n) is 5.59. The molecular formula is C24H30N2O3. The highest BCUT2D eigenvalue weighted by molar-refractivity contribution is 5.82. The molecule has 5 heteroatoms. The van der Waals surface area contributed by atoms with Gasteiger partial charge in [-0.1, -0.05) is 49.4 Å². The number of rotatable bonds is 7. The molecule has 1 fully saturated rings. The van der Waals surface area contributed by atoms with Crippen molar-refractivity contribution >= 4 is 11.8 Å². The predicted octanol–water partition coefficient (Wildman–Crippen LogP) is 3.74. The van der Waals surface area contributed by atoms with Crippen LogP contribution in [0, 0.1) is 5.92 Å². The second kappa shape index (κ2) is 10.1. The minimum Gasteiger partial charge on any atom is -0.497 e. The van der Waals surface area contributed by atoms with Crippen LogP contribution in [0.25, 0.3) is 0 Å². The van der Waals surface area contributed by atoms with Crippen LogP contribution in [0.4, 0.5) is 0 Å². The molecule has 0 bridgehead atoms. The van der Waals surface area contributed by atoms with E-state index in [-0.39, 0.29) is 23.8 Å². The van der Waals surface area contributed by atoms with Gasteiger partial charge in [0.1, 0.15) is 5.75 Å². The number of methoxy groups -OCH3 is 1. The summed E-state index contributed by atoms with van der Waals surface area (Å²) in [5.74, 6) is 0.770. The zero-order chi connectivity index (χ0) is 20.6. The van der Waals surface area contributed by atoms with Crippen LogP contribution in [-0.4, -0.2) is 36.9 Å². The van der Waals surface area contributed by atoms with Crippen LogP contribution >= 0.6 is 0 Å². The Morgan fingerprint density at radius 1 is 1.14 bits per heavy atom. The van der Waals surface area contributed by atoms with Gasteiger partial charge in [-0.2, -0.15) is 0 Å². The molecule has 1 aliphatic heterocycles. The molecule has 3 rings (SSSR count). The number of carbonyl (C=O) groups is 2. The lowest BCUT2D eigenvalue weighted by Gasteiger charge is -2.33. The molecule has 5 nitrogen and oxygen atoms in total. The smallest absolute Gasteiger partial charge is 0.227 e.